The Morgan fingerprint density at radius 3 is 1.50 bits per heavy atom. The highest BCUT2D eigenvalue weighted by atomic mass is 16.5. The maximum atomic E-state index is 6.04. The Balaban J connectivity index is 1.63. The molecular weight excluding hydrogens is 416 g/mol. The highest BCUT2D eigenvalue weighted by molar-refractivity contribution is 5.64. The van der Waals surface area contributed by atoms with E-state index in [1.165, 1.54) is 93.7 Å². The molecule has 2 rings (SSSR count). The summed E-state index contributed by atoms with van der Waals surface area (Å²) in [6.07, 6.45) is 18.6. The first-order valence-electron chi connectivity index (χ1n) is 14.2. The lowest BCUT2D eigenvalue weighted by Gasteiger charge is -2.14. The molecule has 0 fully saturated rings. The predicted molar refractivity (Wildman–Crippen MR) is 148 cm³/mol. The Morgan fingerprint density at radius 2 is 0.971 bits per heavy atom. The molecule has 0 aliphatic rings. The Bertz CT molecular complexity index is 720. The summed E-state index contributed by atoms with van der Waals surface area (Å²) in [5.41, 5.74) is 3.71. The van der Waals surface area contributed by atoms with E-state index in [1.807, 2.05) is 0 Å². The van der Waals surface area contributed by atoms with Crippen molar-refractivity contribution in [3.63, 3.8) is 0 Å². The SMILES string of the molecule is CCCCCCCCCCCOc1ccc(-c2ccc(C(C)OCCCCCCC)cc2)cc1. The summed E-state index contributed by atoms with van der Waals surface area (Å²) in [6.45, 7) is 8.36. The van der Waals surface area contributed by atoms with Crippen molar-refractivity contribution >= 4 is 0 Å². The van der Waals surface area contributed by atoms with E-state index >= 15 is 0 Å². The number of rotatable bonds is 20. The third-order valence-corrected chi connectivity index (χ3v) is 6.70. The van der Waals surface area contributed by atoms with Gasteiger partial charge in [0.2, 0.25) is 0 Å². The minimum absolute atomic E-state index is 0.150. The molecule has 0 amide bonds. The molecule has 190 valence electrons. The largest absolute Gasteiger partial charge is 0.494 e. The summed E-state index contributed by atoms with van der Waals surface area (Å²) in [6, 6.07) is 17.3. The van der Waals surface area contributed by atoms with Crippen molar-refractivity contribution in [1.82, 2.24) is 0 Å². The Kier molecular flexibility index (Phi) is 15.5. The molecule has 2 aromatic rings. The Labute approximate surface area is 210 Å². The van der Waals surface area contributed by atoms with Crippen LogP contribution in [0.15, 0.2) is 48.5 Å². The highest BCUT2D eigenvalue weighted by Crippen LogP contribution is 2.25. The van der Waals surface area contributed by atoms with Gasteiger partial charge in [-0.1, -0.05) is 127 Å². The molecular formula is C32H50O2. The van der Waals surface area contributed by atoms with E-state index in [1.54, 1.807) is 0 Å². The summed E-state index contributed by atoms with van der Waals surface area (Å²) in [7, 11) is 0. The highest BCUT2D eigenvalue weighted by Gasteiger charge is 2.06. The minimum atomic E-state index is 0.150. The van der Waals surface area contributed by atoms with Crippen molar-refractivity contribution in [2.45, 2.75) is 117 Å². The molecule has 0 radical (unpaired) electrons. The average Bonchev–Trinajstić information content (AvgIpc) is 2.87. The molecule has 2 aromatic carbocycles. The van der Waals surface area contributed by atoms with Gasteiger partial charge in [-0.3, -0.25) is 0 Å². The zero-order valence-corrected chi connectivity index (χ0v) is 22.3. The van der Waals surface area contributed by atoms with Crippen LogP contribution in [0, 0.1) is 0 Å². The number of hydrogen-bond acceptors (Lipinski definition) is 2. The van der Waals surface area contributed by atoms with Gasteiger partial charge in [-0.05, 0) is 48.6 Å². The monoisotopic (exact) mass is 466 g/mol. The third kappa shape index (κ3) is 12.1. The van der Waals surface area contributed by atoms with Crippen molar-refractivity contribution in [2.24, 2.45) is 0 Å². The summed E-state index contributed by atoms with van der Waals surface area (Å²) in [4.78, 5) is 0. The van der Waals surface area contributed by atoms with Gasteiger partial charge in [0.05, 0.1) is 12.7 Å². The number of benzene rings is 2. The van der Waals surface area contributed by atoms with Crippen LogP contribution in [0.5, 0.6) is 5.75 Å². The van der Waals surface area contributed by atoms with Gasteiger partial charge in [-0.2, -0.15) is 0 Å². The fraction of sp³-hybridized carbons (Fsp3) is 0.625. The van der Waals surface area contributed by atoms with Gasteiger partial charge in [0.1, 0.15) is 5.75 Å². The molecule has 1 atom stereocenters. The molecule has 0 heterocycles. The molecule has 0 aromatic heterocycles. The smallest absolute Gasteiger partial charge is 0.119 e. The van der Waals surface area contributed by atoms with Crippen LogP contribution in [0.1, 0.15) is 122 Å². The molecule has 2 heteroatoms. The lowest BCUT2D eigenvalue weighted by Crippen LogP contribution is -2.01. The van der Waals surface area contributed by atoms with Crippen LogP contribution in [0.2, 0.25) is 0 Å². The van der Waals surface area contributed by atoms with Crippen LogP contribution < -0.4 is 4.74 Å². The van der Waals surface area contributed by atoms with Gasteiger partial charge in [0.15, 0.2) is 0 Å². The van der Waals surface area contributed by atoms with Crippen LogP contribution in [0.25, 0.3) is 11.1 Å². The molecule has 34 heavy (non-hydrogen) atoms. The lowest BCUT2D eigenvalue weighted by atomic mass is 10.0. The van der Waals surface area contributed by atoms with Gasteiger partial charge >= 0.3 is 0 Å². The van der Waals surface area contributed by atoms with Crippen LogP contribution >= 0.6 is 0 Å². The van der Waals surface area contributed by atoms with Gasteiger partial charge in [0.25, 0.3) is 0 Å². The second-order valence-corrected chi connectivity index (χ2v) is 9.75. The molecule has 0 saturated carbocycles. The first-order valence-corrected chi connectivity index (χ1v) is 14.2. The van der Waals surface area contributed by atoms with E-state index < -0.39 is 0 Å². The third-order valence-electron chi connectivity index (χ3n) is 6.70. The van der Waals surface area contributed by atoms with Crippen molar-refractivity contribution in [3.05, 3.63) is 54.1 Å². The fourth-order valence-corrected chi connectivity index (χ4v) is 4.35. The molecule has 0 spiro atoms. The van der Waals surface area contributed by atoms with Gasteiger partial charge in [-0.15, -0.1) is 0 Å². The standard InChI is InChI=1S/C32H50O2/c1-4-6-8-10-11-12-13-15-17-27-34-32-24-22-31(23-25-32)30-20-18-29(19-21-30)28(3)33-26-16-14-9-7-5-2/h18-25,28H,4-17,26-27H2,1-3H3. The quantitative estimate of drug-likeness (QED) is 0.181. The summed E-state index contributed by atoms with van der Waals surface area (Å²) >= 11 is 0. The number of unbranched alkanes of at least 4 members (excludes halogenated alkanes) is 12. The van der Waals surface area contributed by atoms with Crippen LogP contribution in [0.3, 0.4) is 0 Å². The van der Waals surface area contributed by atoms with Gasteiger partial charge < -0.3 is 9.47 Å². The molecule has 0 aliphatic carbocycles. The summed E-state index contributed by atoms with van der Waals surface area (Å²) < 4.78 is 12.0. The van der Waals surface area contributed by atoms with Crippen molar-refractivity contribution < 1.29 is 9.47 Å². The van der Waals surface area contributed by atoms with Crippen LogP contribution in [0.4, 0.5) is 0 Å². The van der Waals surface area contributed by atoms with E-state index in [2.05, 4.69) is 69.3 Å². The Morgan fingerprint density at radius 1 is 0.529 bits per heavy atom. The molecule has 0 bridgehead atoms. The van der Waals surface area contributed by atoms with Crippen molar-refractivity contribution in [2.75, 3.05) is 13.2 Å². The minimum Gasteiger partial charge on any atom is -0.494 e. The first kappa shape index (κ1) is 28.4. The normalized spacial score (nSPS) is 12.1. The molecule has 0 saturated heterocycles. The fourth-order valence-electron chi connectivity index (χ4n) is 4.35. The predicted octanol–water partition coefficient (Wildman–Crippen LogP) is 10.3. The van der Waals surface area contributed by atoms with E-state index in [0.717, 1.165) is 31.8 Å². The lowest BCUT2D eigenvalue weighted by molar-refractivity contribution is 0.0627. The maximum absolute atomic E-state index is 6.04. The first-order chi connectivity index (χ1) is 16.7. The van der Waals surface area contributed by atoms with Crippen LogP contribution in [-0.4, -0.2) is 13.2 Å². The molecule has 2 nitrogen and oxygen atoms in total. The number of ether oxygens (including phenoxy) is 2. The molecule has 0 aliphatic heterocycles. The molecule has 1 unspecified atom stereocenters. The van der Waals surface area contributed by atoms with E-state index in [0.29, 0.717) is 0 Å². The van der Waals surface area contributed by atoms with E-state index in [4.69, 9.17) is 9.47 Å². The average molecular weight is 467 g/mol. The van der Waals surface area contributed by atoms with Gasteiger partial charge in [0, 0.05) is 6.61 Å². The van der Waals surface area contributed by atoms with Crippen molar-refractivity contribution in [1.29, 1.82) is 0 Å². The van der Waals surface area contributed by atoms with Crippen molar-refractivity contribution in [3.8, 4) is 16.9 Å². The summed E-state index contributed by atoms with van der Waals surface area (Å²) in [5, 5.41) is 0. The summed E-state index contributed by atoms with van der Waals surface area (Å²) in [5.74, 6) is 0.973. The van der Waals surface area contributed by atoms with Crippen LogP contribution in [-0.2, 0) is 4.74 Å². The topological polar surface area (TPSA) is 18.5 Å². The van der Waals surface area contributed by atoms with E-state index in [9.17, 15) is 0 Å². The maximum Gasteiger partial charge on any atom is 0.119 e. The van der Waals surface area contributed by atoms with E-state index in [-0.39, 0.29) is 6.10 Å². The second-order valence-electron chi connectivity index (χ2n) is 9.75. The number of hydrogen-bond donors (Lipinski definition) is 0. The zero-order valence-electron chi connectivity index (χ0n) is 22.3. The second kappa shape index (κ2) is 18.5. The zero-order chi connectivity index (χ0) is 24.3. The molecule has 0 N–H and O–H groups in total. The Hall–Kier alpha value is -1.80. The van der Waals surface area contributed by atoms with Gasteiger partial charge in [-0.25, -0.2) is 0 Å².